The van der Waals surface area contributed by atoms with Gasteiger partial charge in [0.15, 0.2) is 0 Å². The predicted octanol–water partition coefficient (Wildman–Crippen LogP) is 4.37. The molecule has 128 valence electrons. The second kappa shape index (κ2) is 8.15. The van der Waals surface area contributed by atoms with Crippen LogP contribution in [-0.2, 0) is 11.3 Å². The quantitative estimate of drug-likeness (QED) is 0.812. The SMILES string of the molecule is CC(C)(C)OC(=O)NC1CCCC(NCc2ccccc2Br)C1. The van der Waals surface area contributed by atoms with E-state index in [-0.39, 0.29) is 12.1 Å². The van der Waals surface area contributed by atoms with Crippen LogP contribution in [-0.4, -0.2) is 23.8 Å². The summed E-state index contributed by atoms with van der Waals surface area (Å²) in [6.07, 6.45) is 3.93. The Morgan fingerprint density at radius 1 is 1.26 bits per heavy atom. The Balaban J connectivity index is 1.79. The minimum absolute atomic E-state index is 0.190. The molecular weight excluding hydrogens is 356 g/mol. The summed E-state index contributed by atoms with van der Waals surface area (Å²) in [5.74, 6) is 0. The van der Waals surface area contributed by atoms with Gasteiger partial charge in [-0.1, -0.05) is 34.1 Å². The van der Waals surface area contributed by atoms with E-state index in [1.54, 1.807) is 0 Å². The minimum Gasteiger partial charge on any atom is -0.444 e. The number of rotatable bonds is 4. The van der Waals surface area contributed by atoms with Crippen molar-refractivity contribution in [1.29, 1.82) is 0 Å². The van der Waals surface area contributed by atoms with Crippen LogP contribution < -0.4 is 10.6 Å². The second-order valence-corrected chi connectivity index (χ2v) is 8.03. The maximum atomic E-state index is 11.9. The Morgan fingerprint density at radius 2 is 1.96 bits per heavy atom. The molecule has 2 rings (SSSR count). The van der Waals surface area contributed by atoms with E-state index in [0.29, 0.717) is 6.04 Å². The molecule has 5 heteroatoms. The number of hydrogen-bond acceptors (Lipinski definition) is 3. The molecule has 1 aromatic carbocycles. The van der Waals surface area contributed by atoms with Gasteiger partial charge in [-0.3, -0.25) is 0 Å². The standard InChI is InChI=1S/C18H27BrN2O2/c1-18(2,3)23-17(22)21-15-9-6-8-14(11-15)20-12-13-7-4-5-10-16(13)19/h4-5,7,10,14-15,20H,6,8-9,11-12H2,1-3H3,(H,21,22). The van der Waals surface area contributed by atoms with Gasteiger partial charge in [-0.2, -0.15) is 0 Å². The van der Waals surface area contributed by atoms with Gasteiger partial charge in [0.25, 0.3) is 0 Å². The van der Waals surface area contributed by atoms with Crippen LogP contribution in [0.25, 0.3) is 0 Å². The van der Waals surface area contributed by atoms with Crippen LogP contribution in [0.3, 0.4) is 0 Å². The van der Waals surface area contributed by atoms with Gasteiger partial charge in [-0.05, 0) is 58.1 Å². The molecule has 0 aromatic heterocycles. The summed E-state index contributed by atoms with van der Waals surface area (Å²) in [5, 5.41) is 6.61. The zero-order valence-electron chi connectivity index (χ0n) is 14.2. The third-order valence-corrected chi connectivity index (χ3v) is 4.71. The number of nitrogens with one attached hydrogen (secondary N) is 2. The summed E-state index contributed by atoms with van der Waals surface area (Å²) >= 11 is 3.58. The van der Waals surface area contributed by atoms with Crippen molar-refractivity contribution in [3.05, 3.63) is 34.3 Å². The molecule has 2 atom stereocenters. The van der Waals surface area contributed by atoms with Crippen molar-refractivity contribution in [2.75, 3.05) is 0 Å². The van der Waals surface area contributed by atoms with E-state index in [2.05, 4.69) is 44.8 Å². The molecule has 0 saturated heterocycles. The number of amides is 1. The molecule has 2 N–H and O–H groups in total. The van der Waals surface area contributed by atoms with Crippen LogP contribution in [0.15, 0.2) is 28.7 Å². The number of carbonyl (C=O) groups excluding carboxylic acids is 1. The Morgan fingerprint density at radius 3 is 2.65 bits per heavy atom. The van der Waals surface area contributed by atoms with Crippen LogP contribution in [0.2, 0.25) is 0 Å². The second-order valence-electron chi connectivity index (χ2n) is 7.18. The van der Waals surface area contributed by atoms with Gasteiger partial charge in [0.2, 0.25) is 0 Å². The number of halogens is 1. The highest BCUT2D eigenvalue weighted by Gasteiger charge is 2.25. The molecule has 0 aliphatic heterocycles. The molecule has 1 fully saturated rings. The van der Waals surface area contributed by atoms with E-state index in [9.17, 15) is 4.79 Å². The highest BCUT2D eigenvalue weighted by atomic mass is 79.9. The molecule has 23 heavy (non-hydrogen) atoms. The molecule has 4 nitrogen and oxygen atoms in total. The first kappa shape index (κ1) is 18.3. The summed E-state index contributed by atoms with van der Waals surface area (Å²) in [5.41, 5.74) is 0.811. The Bertz CT molecular complexity index is 528. The fraction of sp³-hybridized carbons (Fsp3) is 0.611. The van der Waals surface area contributed by atoms with Crippen LogP contribution in [0.1, 0.15) is 52.0 Å². The highest BCUT2D eigenvalue weighted by Crippen LogP contribution is 2.21. The smallest absolute Gasteiger partial charge is 0.407 e. The first-order valence-electron chi connectivity index (χ1n) is 8.30. The number of hydrogen-bond donors (Lipinski definition) is 2. The zero-order valence-corrected chi connectivity index (χ0v) is 15.8. The largest absolute Gasteiger partial charge is 0.444 e. The van der Waals surface area contributed by atoms with Crippen LogP contribution >= 0.6 is 15.9 Å². The molecule has 0 bridgehead atoms. The Labute approximate surface area is 147 Å². The van der Waals surface area contributed by atoms with Gasteiger partial charge < -0.3 is 15.4 Å². The van der Waals surface area contributed by atoms with E-state index in [1.807, 2.05) is 26.8 Å². The lowest BCUT2D eigenvalue weighted by Gasteiger charge is -2.31. The van der Waals surface area contributed by atoms with Gasteiger partial charge in [0.05, 0.1) is 0 Å². The van der Waals surface area contributed by atoms with E-state index >= 15 is 0 Å². The molecule has 0 radical (unpaired) electrons. The van der Waals surface area contributed by atoms with E-state index < -0.39 is 5.60 Å². The normalized spacial score (nSPS) is 21.7. The van der Waals surface area contributed by atoms with Gasteiger partial charge in [0, 0.05) is 23.1 Å². The average Bonchev–Trinajstić information content (AvgIpc) is 2.45. The molecule has 0 heterocycles. The average molecular weight is 383 g/mol. The van der Waals surface area contributed by atoms with Crippen molar-refractivity contribution in [2.45, 2.75) is 70.7 Å². The van der Waals surface area contributed by atoms with Crippen molar-refractivity contribution in [3.8, 4) is 0 Å². The van der Waals surface area contributed by atoms with Gasteiger partial charge >= 0.3 is 6.09 Å². The van der Waals surface area contributed by atoms with E-state index in [4.69, 9.17) is 4.74 Å². The first-order chi connectivity index (χ1) is 10.8. The maximum Gasteiger partial charge on any atom is 0.407 e. The van der Waals surface area contributed by atoms with E-state index in [1.165, 1.54) is 5.56 Å². The monoisotopic (exact) mass is 382 g/mol. The molecule has 0 spiro atoms. The number of ether oxygens (including phenoxy) is 1. The highest BCUT2D eigenvalue weighted by molar-refractivity contribution is 9.10. The Hall–Kier alpha value is -1.07. The third kappa shape index (κ3) is 6.51. The lowest BCUT2D eigenvalue weighted by atomic mass is 9.91. The van der Waals surface area contributed by atoms with Crippen molar-refractivity contribution >= 4 is 22.0 Å². The fourth-order valence-corrected chi connectivity index (χ4v) is 3.30. The summed E-state index contributed by atoms with van der Waals surface area (Å²) in [6, 6.07) is 8.87. The van der Waals surface area contributed by atoms with E-state index in [0.717, 1.165) is 36.7 Å². The van der Waals surface area contributed by atoms with Gasteiger partial charge in [-0.25, -0.2) is 4.79 Å². The predicted molar refractivity (Wildman–Crippen MR) is 96.4 cm³/mol. The zero-order chi connectivity index (χ0) is 16.9. The summed E-state index contributed by atoms with van der Waals surface area (Å²) in [6.45, 7) is 6.49. The molecule has 1 amide bonds. The molecule has 1 aliphatic rings. The maximum absolute atomic E-state index is 11.9. The minimum atomic E-state index is -0.448. The number of benzene rings is 1. The van der Waals surface area contributed by atoms with Crippen molar-refractivity contribution in [1.82, 2.24) is 10.6 Å². The number of carbonyl (C=O) groups is 1. The third-order valence-electron chi connectivity index (χ3n) is 3.93. The molecular formula is C18H27BrN2O2. The lowest BCUT2D eigenvalue weighted by Crippen LogP contribution is -2.45. The first-order valence-corrected chi connectivity index (χ1v) is 9.09. The van der Waals surface area contributed by atoms with Crippen molar-refractivity contribution in [3.63, 3.8) is 0 Å². The Kier molecular flexibility index (Phi) is 6.48. The van der Waals surface area contributed by atoms with Gasteiger partial charge in [-0.15, -0.1) is 0 Å². The van der Waals surface area contributed by atoms with Gasteiger partial charge in [0.1, 0.15) is 5.60 Å². The number of alkyl carbamates (subject to hydrolysis) is 1. The fourth-order valence-electron chi connectivity index (χ4n) is 2.88. The summed E-state index contributed by atoms with van der Waals surface area (Å²) < 4.78 is 6.48. The summed E-state index contributed by atoms with van der Waals surface area (Å²) in [4.78, 5) is 11.9. The van der Waals surface area contributed by atoms with Crippen LogP contribution in [0.4, 0.5) is 4.79 Å². The lowest BCUT2D eigenvalue weighted by molar-refractivity contribution is 0.0488. The van der Waals surface area contributed by atoms with Crippen LogP contribution in [0.5, 0.6) is 0 Å². The molecule has 1 aliphatic carbocycles. The van der Waals surface area contributed by atoms with Crippen molar-refractivity contribution in [2.24, 2.45) is 0 Å². The molecule has 2 unspecified atom stereocenters. The molecule has 1 saturated carbocycles. The molecule has 1 aromatic rings. The topological polar surface area (TPSA) is 50.4 Å². The summed E-state index contributed by atoms with van der Waals surface area (Å²) in [7, 11) is 0. The van der Waals surface area contributed by atoms with Crippen LogP contribution in [0, 0.1) is 0 Å². The van der Waals surface area contributed by atoms with Crippen molar-refractivity contribution < 1.29 is 9.53 Å².